The molecule has 0 aromatic heterocycles. The Morgan fingerprint density at radius 1 is 1.04 bits per heavy atom. The highest BCUT2D eigenvalue weighted by atomic mass is 16.2. The number of nitrogens with two attached hydrogens (primary N) is 1. The molecule has 0 spiro atoms. The van der Waals surface area contributed by atoms with Crippen LogP contribution in [0.2, 0.25) is 0 Å². The van der Waals surface area contributed by atoms with E-state index in [9.17, 15) is 14.4 Å². The predicted molar refractivity (Wildman–Crippen MR) is 88.9 cm³/mol. The summed E-state index contributed by atoms with van der Waals surface area (Å²) in [4.78, 5) is 33.9. The number of para-hydroxylation sites is 1. The van der Waals surface area contributed by atoms with Crippen LogP contribution in [0.3, 0.4) is 0 Å². The van der Waals surface area contributed by atoms with E-state index in [1.54, 1.807) is 0 Å². The molecule has 1 aromatic rings. The van der Waals surface area contributed by atoms with Gasteiger partial charge in [-0.25, -0.2) is 4.79 Å². The molecule has 4 amide bonds. The van der Waals surface area contributed by atoms with Crippen molar-refractivity contribution in [2.75, 3.05) is 18.4 Å². The molecule has 0 unspecified atom stereocenters. The molecule has 7 nitrogen and oxygen atoms in total. The fourth-order valence-corrected chi connectivity index (χ4v) is 2.03. The third kappa shape index (κ3) is 7.85. The van der Waals surface area contributed by atoms with Gasteiger partial charge in [-0.1, -0.05) is 25.1 Å². The first-order valence-corrected chi connectivity index (χ1v) is 7.70. The molecule has 23 heavy (non-hydrogen) atoms. The summed E-state index contributed by atoms with van der Waals surface area (Å²) in [5.41, 5.74) is 6.75. The molecule has 0 atom stereocenters. The monoisotopic (exact) mass is 320 g/mol. The van der Waals surface area contributed by atoms with Crippen LogP contribution >= 0.6 is 0 Å². The zero-order chi connectivity index (χ0) is 17.1. The number of anilines is 1. The van der Waals surface area contributed by atoms with Gasteiger partial charge in [-0.2, -0.15) is 0 Å². The van der Waals surface area contributed by atoms with Crippen LogP contribution in [0.15, 0.2) is 24.3 Å². The molecule has 7 heteroatoms. The topological polar surface area (TPSA) is 113 Å². The molecule has 0 bridgehead atoms. The van der Waals surface area contributed by atoms with Gasteiger partial charge in [0.1, 0.15) is 0 Å². The smallest absolute Gasteiger partial charge is 0.312 e. The molecule has 0 heterocycles. The Bertz CT molecular complexity index is 546. The van der Waals surface area contributed by atoms with Gasteiger partial charge in [-0.3, -0.25) is 9.59 Å². The van der Waals surface area contributed by atoms with Crippen LogP contribution < -0.4 is 21.7 Å². The van der Waals surface area contributed by atoms with Crippen molar-refractivity contribution >= 4 is 23.5 Å². The SMILES string of the molecule is CCc1ccccc1NC(=O)CNC(=O)CCCCNC(N)=O. The quantitative estimate of drug-likeness (QED) is 0.512. The number of nitrogens with one attached hydrogen (secondary N) is 3. The fourth-order valence-electron chi connectivity index (χ4n) is 2.03. The van der Waals surface area contributed by atoms with E-state index >= 15 is 0 Å². The van der Waals surface area contributed by atoms with Crippen LogP contribution in [0.1, 0.15) is 31.7 Å². The maximum absolute atomic E-state index is 11.8. The summed E-state index contributed by atoms with van der Waals surface area (Å²) in [5.74, 6) is -0.447. The molecule has 1 rings (SSSR count). The number of unbranched alkanes of at least 4 members (excludes halogenated alkanes) is 1. The summed E-state index contributed by atoms with van der Waals surface area (Å²) < 4.78 is 0. The second-order valence-electron chi connectivity index (χ2n) is 5.08. The van der Waals surface area contributed by atoms with Gasteiger partial charge in [-0.05, 0) is 30.9 Å². The highest BCUT2D eigenvalue weighted by Crippen LogP contribution is 2.14. The lowest BCUT2D eigenvalue weighted by Crippen LogP contribution is -2.33. The number of primary amides is 1. The minimum absolute atomic E-state index is 0.0591. The van der Waals surface area contributed by atoms with E-state index < -0.39 is 6.03 Å². The minimum Gasteiger partial charge on any atom is -0.352 e. The van der Waals surface area contributed by atoms with Gasteiger partial charge < -0.3 is 21.7 Å². The van der Waals surface area contributed by atoms with E-state index in [0.29, 0.717) is 25.8 Å². The Hall–Kier alpha value is -2.57. The summed E-state index contributed by atoms with van der Waals surface area (Å²) in [6.45, 7) is 2.40. The Morgan fingerprint density at radius 3 is 2.48 bits per heavy atom. The highest BCUT2D eigenvalue weighted by molar-refractivity contribution is 5.95. The van der Waals surface area contributed by atoms with Crippen molar-refractivity contribution in [1.29, 1.82) is 0 Å². The average molecular weight is 320 g/mol. The summed E-state index contributed by atoms with van der Waals surface area (Å²) in [7, 11) is 0. The minimum atomic E-state index is -0.571. The third-order valence-electron chi connectivity index (χ3n) is 3.25. The lowest BCUT2D eigenvalue weighted by atomic mass is 10.1. The Kier molecular flexibility index (Phi) is 8.20. The van der Waals surface area contributed by atoms with Crippen LogP contribution in [0.5, 0.6) is 0 Å². The molecule has 0 saturated carbocycles. The summed E-state index contributed by atoms with van der Waals surface area (Å²) >= 11 is 0. The van der Waals surface area contributed by atoms with Crippen LogP contribution in [-0.2, 0) is 16.0 Å². The first-order valence-electron chi connectivity index (χ1n) is 7.70. The van der Waals surface area contributed by atoms with Gasteiger partial charge >= 0.3 is 6.03 Å². The first kappa shape index (κ1) is 18.5. The van der Waals surface area contributed by atoms with E-state index in [1.165, 1.54) is 0 Å². The van der Waals surface area contributed by atoms with Crippen molar-refractivity contribution in [2.24, 2.45) is 5.73 Å². The van der Waals surface area contributed by atoms with Gasteiger partial charge in [0.05, 0.1) is 6.54 Å². The molecule has 0 aliphatic rings. The number of urea groups is 1. The van der Waals surface area contributed by atoms with Gasteiger partial charge in [0.2, 0.25) is 11.8 Å². The zero-order valence-electron chi connectivity index (χ0n) is 13.4. The molecular formula is C16H24N4O3. The van der Waals surface area contributed by atoms with Crippen LogP contribution in [0.4, 0.5) is 10.5 Å². The van der Waals surface area contributed by atoms with Crippen LogP contribution in [0, 0.1) is 0 Å². The Balaban J connectivity index is 2.22. The maximum atomic E-state index is 11.8. The molecule has 0 radical (unpaired) electrons. The lowest BCUT2D eigenvalue weighted by Gasteiger charge is -2.10. The van der Waals surface area contributed by atoms with Crippen molar-refractivity contribution in [3.63, 3.8) is 0 Å². The molecule has 0 aliphatic heterocycles. The van der Waals surface area contributed by atoms with E-state index in [1.807, 2.05) is 31.2 Å². The number of carbonyl (C=O) groups excluding carboxylic acids is 3. The van der Waals surface area contributed by atoms with Gasteiger partial charge in [0.15, 0.2) is 0 Å². The van der Waals surface area contributed by atoms with E-state index in [2.05, 4.69) is 16.0 Å². The fraction of sp³-hybridized carbons (Fsp3) is 0.438. The number of benzene rings is 1. The van der Waals surface area contributed by atoms with Crippen LogP contribution in [-0.4, -0.2) is 30.9 Å². The number of rotatable bonds is 9. The largest absolute Gasteiger partial charge is 0.352 e. The standard InChI is InChI=1S/C16H24N4O3/c1-2-12-7-3-4-8-13(12)20-15(22)11-19-14(21)9-5-6-10-18-16(17)23/h3-4,7-8H,2,5-6,9-11H2,1H3,(H,19,21)(H,20,22)(H3,17,18,23). The average Bonchev–Trinajstić information content (AvgIpc) is 2.53. The summed E-state index contributed by atoms with van der Waals surface area (Å²) in [6.07, 6.45) is 2.40. The number of aryl methyl sites for hydroxylation is 1. The molecule has 0 aliphatic carbocycles. The van der Waals surface area contributed by atoms with E-state index in [0.717, 1.165) is 17.7 Å². The lowest BCUT2D eigenvalue weighted by molar-refractivity contribution is -0.124. The van der Waals surface area contributed by atoms with Crippen LogP contribution in [0.25, 0.3) is 0 Å². The van der Waals surface area contributed by atoms with Gasteiger partial charge in [-0.15, -0.1) is 0 Å². The summed E-state index contributed by atoms with van der Waals surface area (Å²) in [6, 6.07) is 6.99. The van der Waals surface area contributed by atoms with Gasteiger partial charge in [0.25, 0.3) is 0 Å². The van der Waals surface area contributed by atoms with Crippen molar-refractivity contribution in [3.05, 3.63) is 29.8 Å². The normalized spacial score (nSPS) is 9.96. The number of amides is 4. The first-order chi connectivity index (χ1) is 11.0. The van der Waals surface area contributed by atoms with Gasteiger partial charge in [0, 0.05) is 18.7 Å². The van der Waals surface area contributed by atoms with E-state index in [4.69, 9.17) is 5.73 Å². The van der Waals surface area contributed by atoms with Crippen molar-refractivity contribution in [2.45, 2.75) is 32.6 Å². The third-order valence-corrected chi connectivity index (χ3v) is 3.25. The number of carbonyl (C=O) groups is 3. The predicted octanol–water partition coefficient (Wildman–Crippen LogP) is 1.14. The van der Waals surface area contributed by atoms with Crippen molar-refractivity contribution < 1.29 is 14.4 Å². The highest BCUT2D eigenvalue weighted by Gasteiger charge is 2.07. The second-order valence-corrected chi connectivity index (χ2v) is 5.08. The molecule has 0 fully saturated rings. The number of hydrogen-bond acceptors (Lipinski definition) is 3. The zero-order valence-corrected chi connectivity index (χ0v) is 13.4. The molecular weight excluding hydrogens is 296 g/mol. The molecule has 0 saturated heterocycles. The summed E-state index contributed by atoms with van der Waals surface area (Å²) in [5, 5.41) is 7.82. The maximum Gasteiger partial charge on any atom is 0.312 e. The molecule has 126 valence electrons. The second kappa shape index (κ2) is 10.2. The van der Waals surface area contributed by atoms with Crippen molar-refractivity contribution in [1.82, 2.24) is 10.6 Å². The van der Waals surface area contributed by atoms with Crippen molar-refractivity contribution in [3.8, 4) is 0 Å². The van der Waals surface area contributed by atoms with E-state index in [-0.39, 0.29) is 18.4 Å². The number of hydrogen-bond donors (Lipinski definition) is 4. The Labute approximate surface area is 136 Å². The molecule has 5 N–H and O–H groups in total. The Morgan fingerprint density at radius 2 is 1.78 bits per heavy atom. The molecule has 1 aromatic carbocycles.